The molecule has 0 aromatic carbocycles. The lowest BCUT2D eigenvalue weighted by molar-refractivity contribution is -0.149. The molecule has 2 aliphatic rings. The van der Waals surface area contributed by atoms with Gasteiger partial charge in [0, 0.05) is 6.54 Å². The lowest BCUT2D eigenvalue weighted by atomic mass is 9.94. The molecule has 96 valence electrons. The van der Waals surface area contributed by atoms with Crippen molar-refractivity contribution in [2.75, 3.05) is 13.2 Å². The Labute approximate surface area is 100 Å². The van der Waals surface area contributed by atoms with Gasteiger partial charge >= 0.3 is 5.97 Å². The molecule has 2 fully saturated rings. The minimum Gasteiger partial charge on any atom is -0.481 e. The van der Waals surface area contributed by atoms with Gasteiger partial charge in [-0.05, 0) is 25.7 Å². The summed E-state index contributed by atoms with van der Waals surface area (Å²) in [6.07, 6.45) is 3.81. The van der Waals surface area contributed by atoms with E-state index in [0.717, 1.165) is 19.3 Å². The highest BCUT2D eigenvalue weighted by molar-refractivity contribution is 5.85. The van der Waals surface area contributed by atoms with E-state index >= 15 is 0 Å². The number of carbonyl (C=O) groups is 2. The van der Waals surface area contributed by atoms with Crippen LogP contribution in [0.2, 0.25) is 0 Å². The second-order valence-corrected chi connectivity index (χ2v) is 4.99. The lowest BCUT2D eigenvalue weighted by Crippen LogP contribution is -2.43. The molecule has 3 atom stereocenters. The van der Waals surface area contributed by atoms with Crippen molar-refractivity contribution < 1.29 is 19.8 Å². The highest BCUT2D eigenvalue weighted by Gasteiger charge is 2.42. The zero-order valence-corrected chi connectivity index (χ0v) is 9.84. The highest BCUT2D eigenvalue weighted by atomic mass is 16.4. The summed E-state index contributed by atoms with van der Waals surface area (Å²) in [7, 11) is 0. The number of rotatable bonds is 3. The maximum atomic E-state index is 12.3. The van der Waals surface area contributed by atoms with Gasteiger partial charge in [-0.2, -0.15) is 0 Å². The van der Waals surface area contributed by atoms with Crippen LogP contribution in [0, 0.1) is 11.8 Å². The Morgan fingerprint density at radius 3 is 2.47 bits per heavy atom. The summed E-state index contributed by atoms with van der Waals surface area (Å²) in [5, 5.41) is 18.3. The van der Waals surface area contributed by atoms with E-state index in [4.69, 9.17) is 5.11 Å². The van der Waals surface area contributed by atoms with Crippen LogP contribution in [0.4, 0.5) is 0 Å². The van der Waals surface area contributed by atoms with Gasteiger partial charge in [-0.3, -0.25) is 9.59 Å². The molecule has 1 aliphatic carbocycles. The van der Waals surface area contributed by atoms with E-state index in [0.29, 0.717) is 19.4 Å². The van der Waals surface area contributed by atoms with Crippen molar-refractivity contribution in [2.24, 2.45) is 11.8 Å². The average Bonchev–Trinajstić information content (AvgIpc) is 2.96. The Kier molecular flexibility index (Phi) is 3.66. The van der Waals surface area contributed by atoms with Gasteiger partial charge in [-0.1, -0.05) is 6.42 Å². The molecule has 17 heavy (non-hydrogen) atoms. The number of amides is 1. The molecule has 1 amide bonds. The van der Waals surface area contributed by atoms with Crippen LogP contribution in [-0.4, -0.2) is 46.2 Å². The number of hydrogen-bond donors (Lipinski definition) is 2. The zero-order valence-electron chi connectivity index (χ0n) is 9.84. The van der Waals surface area contributed by atoms with Crippen LogP contribution in [0.25, 0.3) is 0 Å². The summed E-state index contributed by atoms with van der Waals surface area (Å²) < 4.78 is 0. The number of carboxylic acids is 1. The predicted octanol–water partition coefficient (Wildman–Crippen LogP) is 0.471. The minimum absolute atomic E-state index is 0.0177. The zero-order chi connectivity index (χ0) is 12.4. The number of hydrogen-bond acceptors (Lipinski definition) is 3. The second-order valence-electron chi connectivity index (χ2n) is 4.99. The van der Waals surface area contributed by atoms with Gasteiger partial charge in [0.15, 0.2) is 0 Å². The van der Waals surface area contributed by atoms with Gasteiger partial charge in [0.05, 0.1) is 24.5 Å². The molecule has 0 unspecified atom stereocenters. The normalized spacial score (nSPS) is 33.0. The van der Waals surface area contributed by atoms with Crippen molar-refractivity contribution in [1.82, 2.24) is 4.90 Å². The Bertz CT molecular complexity index is 318. The van der Waals surface area contributed by atoms with Gasteiger partial charge in [-0.25, -0.2) is 0 Å². The van der Waals surface area contributed by atoms with Crippen molar-refractivity contribution in [3.05, 3.63) is 0 Å². The van der Waals surface area contributed by atoms with E-state index in [2.05, 4.69) is 0 Å². The van der Waals surface area contributed by atoms with Gasteiger partial charge in [0.1, 0.15) is 0 Å². The monoisotopic (exact) mass is 241 g/mol. The van der Waals surface area contributed by atoms with Crippen molar-refractivity contribution in [1.29, 1.82) is 0 Å². The lowest BCUT2D eigenvalue weighted by Gasteiger charge is -2.27. The summed E-state index contributed by atoms with van der Waals surface area (Å²) in [5.74, 6) is -1.82. The summed E-state index contributed by atoms with van der Waals surface area (Å²) in [6, 6.07) is -0.0995. The summed E-state index contributed by atoms with van der Waals surface area (Å²) >= 11 is 0. The van der Waals surface area contributed by atoms with Crippen LogP contribution < -0.4 is 0 Å². The molecule has 0 radical (unpaired) electrons. The molecule has 0 bridgehead atoms. The van der Waals surface area contributed by atoms with Crippen LogP contribution >= 0.6 is 0 Å². The van der Waals surface area contributed by atoms with Gasteiger partial charge in [-0.15, -0.1) is 0 Å². The van der Waals surface area contributed by atoms with Crippen LogP contribution in [0.1, 0.15) is 32.1 Å². The molecule has 1 saturated carbocycles. The summed E-state index contributed by atoms with van der Waals surface area (Å²) in [4.78, 5) is 25.0. The van der Waals surface area contributed by atoms with Gasteiger partial charge in [0.25, 0.3) is 0 Å². The first kappa shape index (κ1) is 12.4. The Balaban J connectivity index is 2.06. The molecule has 2 rings (SSSR count). The number of aliphatic carboxylic acids is 1. The maximum absolute atomic E-state index is 12.3. The molecule has 0 aromatic rings. The third-order valence-corrected chi connectivity index (χ3v) is 4.02. The number of likely N-dealkylation sites (tertiary alicyclic amines) is 1. The molecule has 0 aromatic heterocycles. The molecule has 0 spiro atoms. The number of aliphatic hydroxyl groups excluding tert-OH is 1. The van der Waals surface area contributed by atoms with E-state index in [1.807, 2.05) is 0 Å². The quantitative estimate of drug-likeness (QED) is 0.753. The highest BCUT2D eigenvalue weighted by Crippen LogP contribution is 2.35. The molecular formula is C12H19NO4. The fourth-order valence-corrected chi connectivity index (χ4v) is 3.08. The number of carboxylic acid groups (broad SMARTS) is 1. The Morgan fingerprint density at radius 2 is 1.82 bits per heavy atom. The summed E-state index contributed by atoms with van der Waals surface area (Å²) in [5.41, 5.74) is 0. The molecule has 2 N–H and O–H groups in total. The van der Waals surface area contributed by atoms with Crippen molar-refractivity contribution in [3.8, 4) is 0 Å². The molecular weight excluding hydrogens is 222 g/mol. The third kappa shape index (κ3) is 2.29. The fraction of sp³-hybridized carbons (Fsp3) is 0.833. The largest absolute Gasteiger partial charge is 0.481 e. The van der Waals surface area contributed by atoms with Crippen molar-refractivity contribution >= 4 is 11.9 Å². The number of aliphatic hydroxyl groups is 1. The van der Waals surface area contributed by atoms with Crippen molar-refractivity contribution in [3.63, 3.8) is 0 Å². The first-order valence-corrected chi connectivity index (χ1v) is 6.29. The first-order chi connectivity index (χ1) is 8.15. The molecule has 5 nitrogen and oxygen atoms in total. The van der Waals surface area contributed by atoms with E-state index in [1.165, 1.54) is 0 Å². The summed E-state index contributed by atoms with van der Waals surface area (Å²) in [6.45, 7) is 0.642. The molecule has 1 heterocycles. The van der Waals surface area contributed by atoms with Gasteiger partial charge < -0.3 is 15.1 Å². The standard InChI is InChI=1S/C12H19NO4/c14-7-8-3-2-6-13(8)11(15)9-4-1-5-10(9)12(16)17/h8-10,14H,1-7H2,(H,16,17)/t8-,9-,10+/m1/s1. The van der Waals surface area contributed by atoms with Crippen molar-refractivity contribution in [2.45, 2.75) is 38.1 Å². The van der Waals surface area contributed by atoms with Crippen LogP contribution in [0.15, 0.2) is 0 Å². The van der Waals surface area contributed by atoms with Crippen LogP contribution in [0.3, 0.4) is 0 Å². The minimum atomic E-state index is -0.861. The average molecular weight is 241 g/mol. The second kappa shape index (κ2) is 5.04. The SMILES string of the molecule is O=C(O)[C@H]1CCC[C@H]1C(=O)N1CCC[C@@H]1CO. The maximum Gasteiger partial charge on any atom is 0.307 e. The molecule has 1 aliphatic heterocycles. The fourth-order valence-electron chi connectivity index (χ4n) is 3.08. The predicted molar refractivity (Wildman–Crippen MR) is 60.3 cm³/mol. The van der Waals surface area contributed by atoms with Gasteiger partial charge in [0.2, 0.25) is 5.91 Å². The topological polar surface area (TPSA) is 77.8 Å². The van der Waals surface area contributed by atoms with E-state index in [1.54, 1.807) is 4.90 Å². The third-order valence-electron chi connectivity index (χ3n) is 4.02. The Morgan fingerprint density at radius 1 is 1.12 bits per heavy atom. The smallest absolute Gasteiger partial charge is 0.307 e. The van der Waals surface area contributed by atoms with Crippen LogP contribution in [0.5, 0.6) is 0 Å². The number of carbonyl (C=O) groups excluding carboxylic acids is 1. The number of nitrogens with zero attached hydrogens (tertiary/aromatic N) is 1. The van der Waals surface area contributed by atoms with Crippen LogP contribution in [-0.2, 0) is 9.59 Å². The first-order valence-electron chi connectivity index (χ1n) is 6.29. The van der Waals surface area contributed by atoms with E-state index in [-0.39, 0.29) is 24.5 Å². The molecule has 1 saturated heterocycles. The van der Waals surface area contributed by atoms with E-state index < -0.39 is 11.9 Å². The van der Waals surface area contributed by atoms with E-state index in [9.17, 15) is 14.7 Å². The Hall–Kier alpha value is -1.10. The molecule has 5 heteroatoms.